The summed E-state index contributed by atoms with van der Waals surface area (Å²) in [4.78, 5) is 14.7. The van der Waals surface area contributed by atoms with E-state index in [0.29, 0.717) is 18.8 Å². The number of benzene rings is 1. The lowest BCUT2D eigenvalue weighted by molar-refractivity contribution is 0.0707. The van der Waals surface area contributed by atoms with Crippen molar-refractivity contribution >= 4 is 17.2 Å². The molecule has 1 amide bonds. The average molecular weight is 364 g/mol. The van der Waals surface area contributed by atoms with Gasteiger partial charge in [-0.05, 0) is 34.5 Å². The Morgan fingerprint density at radius 3 is 2.69 bits per heavy atom. The van der Waals surface area contributed by atoms with Gasteiger partial charge in [0.2, 0.25) is 0 Å². The van der Waals surface area contributed by atoms with Crippen molar-refractivity contribution < 1.29 is 13.7 Å². The number of amides is 1. The van der Waals surface area contributed by atoms with Crippen LogP contribution in [0.1, 0.15) is 21.8 Å². The first-order chi connectivity index (χ1) is 12.8. The van der Waals surface area contributed by atoms with Crippen LogP contribution in [0.2, 0.25) is 0 Å². The van der Waals surface area contributed by atoms with Gasteiger partial charge in [0.05, 0.1) is 12.8 Å². The molecule has 3 aromatic heterocycles. The lowest BCUT2D eigenvalue weighted by Crippen LogP contribution is -2.30. The minimum absolute atomic E-state index is 0.196. The molecule has 6 heteroatoms. The van der Waals surface area contributed by atoms with E-state index in [9.17, 15) is 4.79 Å². The zero-order valence-corrected chi connectivity index (χ0v) is 14.7. The van der Waals surface area contributed by atoms with Crippen molar-refractivity contribution in [2.75, 3.05) is 0 Å². The fraction of sp³-hybridized carbons (Fsp3) is 0.100. The molecule has 0 fully saturated rings. The number of aromatic nitrogens is 1. The van der Waals surface area contributed by atoms with Crippen LogP contribution in [-0.2, 0) is 13.1 Å². The van der Waals surface area contributed by atoms with Crippen LogP contribution in [0.25, 0.3) is 11.3 Å². The SMILES string of the molecule is O=C(c1cc(-c2ccccc2)on1)N(Cc1ccsc1)Cc1ccco1. The molecule has 5 nitrogen and oxygen atoms in total. The summed E-state index contributed by atoms with van der Waals surface area (Å²) in [5, 5.41) is 8.00. The summed E-state index contributed by atoms with van der Waals surface area (Å²) in [7, 11) is 0. The molecule has 0 aliphatic carbocycles. The molecule has 0 spiro atoms. The van der Waals surface area contributed by atoms with Gasteiger partial charge in [-0.25, -0.2) is 0 Å². The normalized spacial score (nSPS) is 10.8. The highest BCUT2D eigenvalue weighted by molar-refractivity contribution is 7.07. The monoisotopic (exact) mass is 364 g/mol. The first kappa shape index (κ1) is 16.4. The highest BCUT2D eigenvalue weighted by Crippen LogP contribution is 2.22. The molecule has 0 aliphatic rings. The average Bonchev–Trinajstić information content (AvgIpc) is 3.44. The number of carbonyl (C=O) groups is 1. The molecule has 0 unspecified atom stereocenters. The smallest absolute Gasteiger partial charge is 0.276 e. The molecule has 130 valence electrons. The number of furan rings is 1. The lowest BCUT2D eigenvalue weighted by atomic mass is 10.1. The van der Waals surface area contributed by atoms with Crippen molar-refractivity contribution in [2.24, 2.45) is 0 Å². The summed E-state index contributed by atoms with van der Waals surface area (Å²) >= 11 is 1.60. The summed E-state index contributed by atoms with van der Waals surface area (Å²) in [5.74, 6) is 1.10. The van der Waals surface area contributed by atoms with Gasteiger partial charge in [0.15, 0.2) is 11.5 Å². The van der Waals surface area contributed by atoms with E-state index in [0.717, 1.165) is 16.9 Å². The van der Waals surface area contributed by atoms with E-state index in [1.54, 1.807) is 28.6 Å². The van der Waals surface area contributed by atoms with Gasteiger partial charge in [-0.3, -0.25) is 4.79 Å². The predicted molar refractivity (Wildman–Crippen MR) is 98.5 cm³/mol. The van der Waals surface area contributed by atoms with Crippen LogP contribution < -0.4 is 0 Å². The van der Waals surface area contributed by atoms with Crippen molar-refractivity contribution in [3.8, 4) is 11.3 Å². The molecule has 0 radical (unpaired) electrons. The quantitative estimate of drug-likeness (QED) is 0.491. The number of hydrogen-bond donors (Lipinski definition) is 0. The minimum Gasteiger partial charge on any atom is -0.467 e. The van der Waals surface area contributed by atoms with Crippen LogP contribution >= 0.6 is 11.3 Å². The van der Waals surface area contributed by atoms with E-state index >= 15 is 0 Å². The Labute approximate surface area is 154 Å². The van der Waals surface area contributed by atoms with Gasteiger partial charge in [-0.1, -0.05) is 35.5 Å². The Morgan fingerprint density at radius 2 is 1.96 bits per heavy atom. The van der Waals surface area contributed by atoms with E-state index in [2.05, 4.69) is 5.16 Å². The molecule has 0 N–H and O–H groups in total. The molecule has 1 aromatic carbocycles. The first-order valence-corrected chi connectivity index (χ1v) is 9.09. The highest BCUT2D eigenvalue weighted by Gasteiger charge is 2.22. The standard InChI is InChI=1S/C20H16N2O3S/c23-20(18-11-19(25-21-18)16-5-2-1-3-6-16)22(12-15-8-10-26-14-15)13-17-7-4-9-24-17/h1-11,14H,12-13H2. The van der Waals surface area contributed by atoms with Crippen LogP contribution in [0.4, 0.5) is 0 Å². The Bertz CT molecular complexity index is 924. The summed E-state index contributed by atoms with van der Waals surface area (Å²) in [6.07, 6.45) is 1.60. The molecular formula is C20H16N2O3S. The molecule has 0 bridgehead atoms. The van der Waals surface area contributed by atoms with Gasteiger partial charge < -0.3 is 13.8 Å². The van der Waals surface area contributed by atoms with E-state index in [1.165, 1.54) is 0 Å². The first-order valence-electron chi connectivity index (χ1n) is 8.14. The third kappa shape index (κ3) is 3.60. The Balaban J connectivity index is 1.58. The van der Waals surface area contributed by atoms with Crippen LogP contribution in [0.15, 0.2) is 80.6 Å². The van der Waals surface area contributed by atoms with E-state index < -0.39 is 0 Å². The van der Waals surface area contributed by atoms with Crippen LogP contribution in [0.5, 0.6) is 0 Å². The van der Waals surface area contributed by atoms with Gasteiger partial charge in [0, 0.05) is 18.2 Å². The molecule has 0 saturated heterocycles. The highest BCUT2D eigenvalue weighted by atomic mass is 32.1. The molecule has 0 saturated carbocycles. The fourth-order valence-corrected chi connectivity index (χ4v) is 3.33. The second kappa shape index (κ2) is 7.41. The number of hydrogen-bond acceptors (Lipinski definition) is 5. The number of carbonyl (C=O) groups excluding carboxylic acids is 1. The van der Waals surface area contributed by atoms with Crippen molar-refractivity contribution in [1.29, 1.82) is 0 Å². The third-order valence-corrected chi connectivity index (χ3v) is 4.69. The summed E-state index contributed by atoms with van der Waals surface area (Å²) in [6.45, 7) is 0.853. The van der Waals surface area contributed by atoms with Gasteiger partial charge in [-0.2, -0.15) is 11.3 Å². The predicted octanol–water partition coefficient (Wildman–Crippen LogP) is 4.84. The van der Waals surface area contributed by atoms with Gasteiger partial charge in [-0.15, -0.1) is 0 Å². The molecule has 4 aromatic rings. The molecule has 3 heterocycles. The Hall–Kier alpha value is -3.12. The van der Waals surface area contributed by atoms with E-state index in [4.69, 9.17) is 8.94 Å². The molecule has 26 heavy (non-hydrogen) atoms. The van der Waals surface area contributed by atoms with Crippen LogP contribution in [-0.4, -0.2) is 16.0 Å². The Kier molecular flexibility index (Phi) is 4.66. The van der Waals surface area contributed by atoms with Crippen LogP contribution in [0.3, 0.4) is 0 Å². The Morgan fingerprint density at radius 1 is 1.08 bits per heavy atom. The number of nitrogens with zero attached hydrogens (tertiary/aromatic N) is 2. The second-order valence-corrected chi connectivity index (χ2v) is 6.59. The maximum atomic E-state index is 13.0. The van der Waals surface area contributed by atoms with Crippen LogP contribution in [0, 0.1) is 0 Å². The topological polar surface area (TPSA) is 59.5 Å². The molecule has 0 aliphatic heterocycles. The maximum absolute atomic E-state index is 13.0. The van der Waals surface area contributed by atoms with E-state index in [-0.39, 0.29) is 11.6 Å². The second-order valence-electron chi connectivity index (χ2n) is 5.81. The lowest BCUT2D eigenvalue weighted by Gasteiger charge is -2.19. The zero-order valence-electron chi connectivity index (χ0n) is 13.9. The van der Waals surface area contributed by atoms with E-state index in [1.807, 2.05) is 59.3 Å². The van der Waals surface area contributed by atoms with Crippen molar-refractivity contribution in [3.63, 3.8) is 0 Å². The van der Waals surface area contributed by atoms with Gasteiger partial charge >= 0.3 is 0 Å². The van der Waals surface area contributed by atoms with Gasteiger partial charge in [0.1, 0.15) is 5.76 Å². The van der Waals surface area contributed by atoms with Crippen molar-refractivity contribution in [1.82, 2.24) is 10.1 Å². The van der Waals surface area contributed by atoms with Crippen molar-refractivity contribution in [3.05, 3.63) is 88.6 Å². The van der Waals surface area contributed by atoms with Gasteiger partial charge in [0.25, 0.3) is 5.91 Å². The largest absolute Gasteiger partial charge is 0.467 e. The summed E-state index contributed by atoms with van der Waals surface area (Å²) < 4.78 is 10.8. The number of rotatable bonds is 6. The molecule has 4 rings (SSSR count). The number of thiophene rings is 1. The van der Waals surface area contributed by atoms with Crippen molar-refractivity contribution in [2.45, 2.75) is 13.1 Å². The summed E-state index contributed by atoms with van der Waals surface area (Å²) in [5.41, 5.74) is 2.24. The maximum Gasteiger partial charge on any atom is 0.276 e. The molecule has 0 atom stereocenters. The summed E-state index contributed by atoms with van der Waals surface area (Å²) in [6, 6.07) is 16.9. The fourth-order valence-electron chi connectivity index (χ4n) is 2.67. The zero-order chi connectivity index (χ0) is 17.8. The molecular weight excluding hydrogens is 348 g/mol. The minimum atomic E-state index is -0.196. The third-order valence-electron chi connectivity index (χ3n) is 3.96.